The highest BCUT2D eigenvalue weighted by molar-refractivity contribution is 7.11. The number of hydrazone groups is 1. The van der Waals surface area contributed by atoms with Gasteiger partial charge in [-0.1, -0.05) is 12.1 Å². The van der Waals surface area contributed by atoms with E-state index in [9.17, 15) is 4.79 Å². The van der Waals surface area contributed by atoms with Gasteiger partial charge in [-0.15, -0.1) is 11.3 Å². The van der Waals surface area contributed by atoms with Crippen LogP contribution in [0.15, 0.2) is 53.3 Å². The Morgan fingerprint density at radius 3 is 3.05 bits per heavy atom. The van der Waals surface area contributed by atoms with E-state index in [0.717, 1.165) is 10.6 Å². The maximum atomic E-state index is 12.0. The number of aryl methyl sites for hydroxylation is 1. The summed E-state index contributed by atoms with van der Waals surface area (Å²) in [7, 11) is 0. The molecule has 1 amide bonds. The van der Waals surface area contributed by atoms with E-state index in [1.54, 1.807) is 34.6 Å². The summed E-state index contributed by atoms with van der Waals surface area (Å²) in [5.74, 6) is 0.354. The van der Waals surface area contributed by atoms with Crippen molar-refractivity contribution in [3.8, 4) is 5.82 Å². The van der Waals surface area contributed by atoms with Gasteiger partial charge in [-0.2, -0.15) is 5.10 Å². The van der Waals surface area contributed by atoms with Gasteiger partial charge in [0.2, 0.25) is 0 Å². The molecule has 0 bridgehead atoms. The van der Waals surface area contributed by atoms with E-state index >= 15 is 0 Å². The SMILES string of the molecule is Cc1cccc(-n2cnc(C(=O)NN=Cc3cccs3)c2)n1. The zero-order valence-corrected chi connectivity index (χ0v) is 12.6. The molecule has 6 nitrogen and oxygen atoms in total. The van der Waals surface area contributed by atoms with E-state index in [1.165, 1.54) is 0 Å². The summed E-state index contributed by atoms with van der Waals surface area (Å²) in [5.41, 5.74) is 3.64. The van der Waals surface area contributed by atoms with Crippen LogP contribution in [-0.2, 0) is 0 Å². The molecule has 1 N–H and O–H groups in total. The van der Waals surface area contributed by atoms with Crippen LogP contribution in [0, 0.1) is 6.92 Å². The van der Waals surface area contributed by atoms with Crippen LogP contribution in [-0.4, -0.2) is 26.7 Å². The maximum Gasteiger partial charge on any atom is 0.291 e. The van der Waals surface area contributed by atoms with Gasteiger partial charge >= 0.3 is 0 Å². The summed E-state index contributed by atoms with van der Waals surface area (Å²) in [6.45, 7) is 1.91. The molecule has 0 spiro atoms. The monoisotopic (exact) mass is 311 g/mol. The topological polar surface area (TPSA) is 72.2 Å². The molecule has 22 heavy (non-hydrogen) atoms. The molecule has 0 aliphatic rings. The Hall–Kier alpha value is -2.80. The van der Waals surface area contributed by atoms with Gasteiger partial charge in [0.25, 0.3) is 5.91 Å². The Balaban J connectivity index is 1.69. The maximum absolute atomic E-state index is 12.0. The lowest BCUT2D eigenvalue weighted by Crippen LogP contribution is -2.17. The molecule has 3 aromatic heterocycles. The molecule has 0 radical (unpaired) electrons. The van der Waals surface area contributed by atoms with Crippen LogP contribution in [0.1, 0.15) is 21.1 Å². The van der Waals surface area contributed by atoms with Gasteiger partial charge in [0.05, 0.1) is 6.21 Å². The summed E-state index contributed by atoms with van der Waals surface area (Å²) >= 11 is 1.54. The highest BCUT2D eigenvalue weighted by Gasteiger charge is 2.09. The standard InChI is InChI=1S/C15H13N5OS/c1-11-4-2-6-14(18-11)20-9-13(16-10-20)15(21)19-17-8-12-5-3-7-22-12/h2-10H,1H3,(H,19,21). The van der Waals surface area contributed by atoms with E-state index in [0.29, 0.717) is 5.82 Å². The zero-order chi connectivity index (χ0) is 15.4. The predicted octanol–water partition coefficient (Wildman–Crippen LogP) is 2.40. The minimum atomic E-state index is -0.362. The lowest BCUT2D eigenvalue weighted by atomic mass is 10.4. The molecule has 0 atom stereocenters. The van der Waals surface area contributed by atoms with Crippen LogP contribution < -0.4 is 5.43 Å². The normalized spacial score (nSPS) is 11.0. The fourth-order valence-corrected chi connectivity index (χ4v) is 2.40. The number of pyridine rings is 1. The van der Waals surface area contributed by atoms with Crippen molar-refractivity contribution in [2.45, 2.75) is 6.92 Å². The Morgan fingerprint density at radius 1 is 1.36 bits per heavy atom. The van der Waals surface area contributed by atoms with Gasteiger partial charge in [0, 0.05) is 16.8 Å². The number of imidazole rings is 1. The third-order valence-corrected chi connectivity index (χ3v) is 3.66. The Bertz CT molecular complexity index is 807. The van der Waals surface area contributed by atoms with Crippen molar-refractivity contribution >= 4 is 23.5 Å². The Labute approximate surface area is 131 Å². The molecule has 0 fully saturated rings. The van der Waals surface area contributed by atoms with Gasteiger partial charge in [-0.25, -0.2) is 15.4 Å². The molecule has 3 heterocycles. The summed E-state index contributed by atoms with van der Waals surface area (Å²) in [4.78, 5) is 21.4. The average Bonchev–Trinajstić information content (AvgIpc) is 3.19. The second kappa shape index (κ2) is 6.31. The van der Waals surface area contributed by atoms with Crippen molar-refractivity contribution in [3.05, 3.63) is 64.5 Å². The van der Waals surface area contributed by atoms with Crippen molar-refractivity contribution in [2.24, 2.45) is 5.10 Å². The van der Waals surface area contributed by atoms with Crippen LogP contribution in [0.4, 0.5) is 0 Å². The molecule has 0 saturated heterocycles. The largest absolute Gasteiger partial charge is 0.291 e. The molecule has 110 valence electrons. The molecular weight excluding hydrogens is 298 g/mol. The second-order valence-corrected chi connectivity index (χ2v) is 5.50. The fourth-order valence-electron chi connectivity index (χ4n) is 1.81. The third kappa shape index (κ3) is 3.26. The zero-order valence-electron chi connectivity index (χ0n) is 11.8. The number of carbonyl (C=O) groups excluding carboxylic acids is 1. The minimum Gasteiger partial charge on any atom is -0.290 e. The first-order chi connectivity index (χ1) is 10.7. The molecule has 3 rings (SSSR count). The second-order valence-electron chi connectivity index (χ2n) is 4.52. The minimum absolute atomic E-state index is 0.284. The van der Waals surface area contributed by atoms with Gasteiger partial charge in [-0.3, -0.25) is 9.36 Å². The van der Waals surface area contributed by atoms with Crippen LogP contribution >= 0.6 is 11.3 Å². The fraction of sp³-hybridized carbons (Fsp3) is 0.0667. The lowest BCUT2D eigenvalue weighted by Gasteiger charge is -2.00. The number of amides is 1. The van der Waals surface area contributed by atoms with Crippen molar-refractivity contribution in [3.63, 3.8) is 0 Å². The smallest absolute Gasteiger partial charge is 0.290 e. The predicted molar refractivity (Wildman–Crippen MR) is 85.5 cm³/mol. The van der Waals surface area contributed by atoms with Crippen LogP contribution in [0.2, 0.25) is 0 Å². The highest BCUT2D eigenvalue weighted by atomic mass is 32.1. The first-order valence-corrected chi connectivity index (χ1v) is 7.45. The number of rotatable bonds is 4. The summed E-state index contributed by atoms with van der Waals surface area (Å²) in [5, 5.41) is 5.85. The van der Waals surface area contributed by atoms with Gasteiger partial charge in [-0.05, 0) is 30.5 Å². The first-order valence-electron chi connectivity index (χ1n) is 6.57. The number of nitrogens with zero attached hydrogens (tertiary/aromatic N) is 4. The first kappa shape index (κ1) is 14.2. The number of nitrogens with one attached hydrogen (secondary N) is 1. The van der Waals surface area contributed by atoms with Gasteiger partial charge in [0.15, 0.2) is 0 Å². The van der Waals surface area contributed by atoms with Crippen molar-refractivity contribution in [2.75, 3.05) is 0 Å². The number of aromatic nitrogens is 3. The van der Waals surface area contributed by atoms with Gasteiger partial charge < -0.3 is 0 Å². The Kier molecular flexibility index (Phi) is 4.06. The number of hydrogen-bond acceptors (Lipinski definition) is 5. The van der Waals surface area contributed by atoms with Crippen molar-refractivity contribution in [1.29, 1.82) is 0 Å². The molecule has 0 saturated carbocycles. The summed E-state index contributed by atoms with van der Waals surface area (Å²) in [6, 6.07) is 9.50. The molecule has 3 aromatic rings. The quantitative estimate of drug-likeness (QED) is 0.594. The van der Waals surface area contributed by atoms with E-state index in [1.807, 2.05) is 42.6 Å². The Morgan fingerprint density at radius 2 is 2.27 bits per heavy atom. The molecular formula is C15H13N5OS. The molecule has 0 aliphatic carbocycles. The third-order valence-electron chi connectivity index (χ3n) is 2.85. The average molecular weight is 311 g/mol. The van der Waals surface area contributed by atoms with E-state index in [-0.39, 0.29) is 11.6 Å². The van der Waals surface area contributed by atoms with Crippen LogP contribution in [0.25, 0.3) is 5.82 Å². The van der Waals surface area contributed by atoms with E-state index in [2.05, 4.69) is 20.5 Å². The van der Waals surface area contributed by atoms with Crippen molar-refractivity contribution in [1.82, 2.24) is 20.0 Å². The van der Waals surface area contributed by atoms with Crippen molar-refractivity contribution < 1.29 is 4.79 Å². The van der Waals surface area contributed by atoms with Crippen LogP contribution in [0.5, 0.6) is 0 Å². The molecule has 7 heteroatoms. The van der Waals surface area contributed by atoms with E-state index < -0.39 is 0 Å². The van der Waals surface area contributed by atoms with Gasteiger partial charge in [0.1, 0.15) is 17.8 Å². The number of thiophene rings is 1. The molecule has 0 unspecified atom stereocenters. The van der Waals surface area contributed by atoms with E-state index in [4.69, 9.17) is 0 Å². The number of hydrogen-bond donors (Lipinski definition) is 1. The highest BCUT2D eigenvalue weighted by Crippen LogP contribution is 2.07. The molecule has 0 aliphatic heterocycles. The molecule has 0 aromatic carbocycles. The summed E-state index contributed by atoms with van der Waals surface area (Å²) < 4.78 is 1.70. The number of carbonyl (C=O) groups is 1. The summed E-state index contributed by atoms with van der Waals surface area (Å²) in [6.07, 6.45) is 4.78. The lowest BCUT2D eigenvalue weighted by molar-refractivity contribution is 0.0950. The van der Waals surface area contributed by atoms with Crippen LogP contribution in [0.3, 0.4) is 0 Å².